The van der Waals surface area contributed by atoms with Gasteiger partial charge in [0.2, 0.25) is 0 Å². The molecule has 0 spiro atoms. The number of rotatable bonds is 0. The van der Waals surface area contributed by atoms with Gasteiger partial charge in [0.15, 0.2) is 5.88 Å². The van der Waals surface area contributed by atoms with Crippen LogP contribution in [0.1, 0.15) is 5.56 Å². The molecule has 1 aromatic rings. The number of hydrogen-bond donors (Lipinski definition) is 0. The maximum Gasteiger partial charge on any atom is 0.186 e. The lowest BCUT2D eigenvalue weighted by Crippen LogP contribution is -1.88. The number of aliphatic imine (C=N–C) groups is 1. The first-order valence-corrected chi connectivity index (χ1v) is 3.82. The van der Waals surface area contributed by atoms with Crippen molar-refractivity contribution in [1.29, 1.82) is 0 Å². The summed E-state index contributed by atoms with van der Waals surface area (Å²) in [5.41, 5.74) is 1.19. The highest BCUT2D eigenvalue weighted by Crippen LogP contribution is 2.27. The molecule has 1 nitrogen and oxygen atoms in total. The van der Waals surface area contributed by atoms with Crippen molar-refractivity contribution in [2.24, 2.45) is 4.99 Å². The molecule has 1 aliphatic heterocycles. The average Bonchev–Trinajstić information content (AvgIpc) is 2.05. The van der Waals surface area contributed by atoms with Crippen LogP contribution in [0.3, 0.4) is 0 Å². The Morgan fingerprint density at radius 2 is 2.20 bits per heavy atom. The van der Waals surface area contributed by atoms with Crippen LogP contribution < -0.4 is 0 Å². The minimum absolute atomic E-state index is 1.19. The molecule has 1 aromatic carbocycles. The highest BCUT2D eigenvalue weighted by atomic mass is 32.2. The fourth-order valence-electron chi connectivity index (χ4n) is 0.852. The summed E-state index contributed by atoms with van der Waals surface area (Å²) in [6.07, 6.45) is 1.83. The third-order valence-electron chi connectivity index (χ3n) is 1.33. The fraction of sp³-hybridized carbons (Fsp3) is 0. The first-order chi connectivity index (χ1) is 4.97. The van der Waals surface area contributed by atoms with E-state index < -0.39 is 0 Å². The molecule has 0 amide bonds. The Morgan fingerprint density at radius 3 is 3.10 bits per heavy atom. The van der Waals surface area contributed by atoms with Gasteiger partial charge in [-0.25, -0.2) is 0 Å². The van der Waals surface area contributed by atoms with E-state index in [1.807, 2.05) is 24.4 Å². The zero-order chi connectivity index (χ0) is 6.81. The van der Waals surface area contributed by atoms with Crippen molar-refractivity contribution in [2.75, 3.05) is 0 Å². The quantitative estimate of drug-likeness (QED) is 0.548. The van der Waals surface area contributed by atoms with E-state index in [0.717, 1.165) is 0 Å². The summed E-state index contributed by atoms with van der Waals surface area (Å²) >= 11 is 1.54. The Balaban J connectivity index is 2.54. The van der Waals surface area contributed by atoms with Gasteiger partial charge in [-0.05, 0) is 6.07 Å². The smallest absolute Gasteiger partial charge is 0.186 e. The normalized spacial score (nSPS) is 14.8. The second-order valence-electron chi connectivity index (χ2n) is 1.99. The molecule has 2 radical (unpaired) electrons. The molecular formula is C8H5NS. The summed E-state index contributed by atoms with van der Waals surface area (Å²) in [4.78, 5) is 5.14. The second kappa shape index (κ2) is 2.46. The monoisotopic (exact) mass is 147 g/mol. The van der Waals surface area contributed by atoms with Gasteiger partial charge in [0.25, 0.3) is 0 Å². The Bertz CT molecular complexity index is 268. The molecule has 48 valence electrons. The third-order valence-corrected chi connectivity index (χ3v) is 2.12. The van der Waals surface area contributed by atoms with Crippen molar-refractivity contribution in [3.8, 4) is 0 Å². The molecule has 0 aromatic heterocycles. The highest BCUT2D eigenvalue weighted by Gasteiger charge is 2.03. The summed E-state index contributed by atoms with van der Waals surface area (Å²) in [5, 5.41) is 0. The lowest BCUT2D eigenvalue weighted by molar-refractivity contribution is 1.38. The van der Waals surface area contributed by atoms with Gasteiger partial charge < -0.3 is 0 Å². The molecule has 0 aliphatic carbocycles. The Morgan fingerprint density at radius 1 is 1.30 bits per heavy atom. The number of hydrogen-bond acceptors (Lipinski definition) is 2. The van der Waals surface area contributed by atoms with E-state index in [4.69, 9.17) is 0 Å². The van der Waals surface area contributed by atoms with E-state index in [1.54, 1.807) is 11.8 Å². The van der Waals surface area contributed by atoms with Crippen molar-refractivity contribution in [3.05, 3.63) is 35.7 Å². The van der Waals surface area contributed by atoms with Crippen LogP contribution in [0, 0.1) is 5.88 Å². The molecule has 1 heterocycles. The molecule has 0 unspecified atom stereocenters. The van der Waals surface area contributed by atoms with Crippen LogP contribution in [0.4, 0.5) is 0 Å². The number of thioether (sulfide) groups is 1. The van der Waals surface area contributed by atoms with Gasteiger partial charge in [-0.2, -0.15) is 0 Å². The topological polar surface area (TPSA) is 12.4 Å². The van der Waals surface area contributed by atoms with Gasteiger partial charge in [0.1, 0.15) is 0 Å². The van der Waals surface area contributed by atoms with Crippen molar-refractivity contribution in [1.82, 2.24) is 0 Å². The van der Waals surface area contributed by atoms with E-state index in [1.165, 1.54) is 10.5 Å². The van der Waals surface area contributed by atoms with Crippen LogP contribution in [0.15, 0.2) is 34.2 Å². The molecule has 0 N–H and O–H groups in total. The number of fused-ring (bicyclic) bond motifs is 1. The number of benzene rings is 1. The van der Waals surface area contributed by atoms with Gasteiger partial charge in [0, 0.05) is 16.7 Å². The van der Waals surface area contributed by atoms with E-state index in [2.05, 4.69) is 16.9 Å². The van der Waals surface area contributed by atoms with Crippen LogP contribution in [-0.4, -0.2) is 6.21 Å². The van der Waals surface area contributed by atoms with E-state index in [9.17, 15) is 0 Å². The lowest BCUT2D eigenvalue weighted by atomic mass is 10.2. The van der Waals surface area contributed by atoms with Crippen LogP contribution in [0.2, 0.25) is 0 Å². The zero-order valence-corrected chi connectivity index (χ0v) is 6.06. The van der Waals surface area contributed by atoms with Gasteiger partial charge in [-0.3, -0.25) is 4.99 Å². The molecule has 0 fully saturated rings. The van der Waals surface area contributed by atoms with Crippen LogP contribution in [-0.2, 0) is 0 Å². The third kappa shape index (κ3) is 0.948. The molecule has 1 aliphatic rings. The minimum atomic E-state index is 1.19. The molecule has 0 saturated carbocycles. The molecule has 10 heavy (non-hydrogen) atoms. The Hall–Kier alpha value is -0.760. The van der Waals surface area contributed by atoms with Gasteiger partial charge >= 0.3 is 0 Å². The standard InChI is InChI=1S/C8H5NS/c1-2-4-8-7(3-1)5-9-6-10-8/h1-5H. The molecular weight excluding hydrogens is 142 g/mol. The van der Waals surface area contributed by atoms with Crippen molar-refractivity contribution < 1.29 is 0 Å². The van der Waals surface area contributed by atoms with E-state index in [0.29, 0.717) is 0 Å². The van der Waals surface area contributed by atoms with Crippen LogP contribution >= 0.6 is 11.8 Å². The van der Waals surface area contributed by atoms with Gasteiger partial charge in [-0.1, -0.05) is 30.0 Å². The molecule has 0 saturated heterocycles. The van der Waals surface area contributed by atoms with Crippen LogP contribution in [0.5, 0.6) is 0 Å². The zero-order valence-electron chi connectivity index (χ0n) is 5.24. The summed E-state index contributed by atoms with van der Waals surface area (Å²) in [6.45, 7) is 0. The minimum Gasteiger partial charge on any atom is -0.267 e. The maximum absolute atomic E-state index is 3.91. The van der Waals surface area contributed by atoms with Crippen molar-refractivity contribution in [3.63, 3.8) is 0 Å². The summed E-state index contributed by atoms with van der Waals surface area (Å²) in [7, 11) is 0. The predicted octanol–water partition coefficient (Wildman–Crippen LogP) is 2.21. The first-order valence-electron chi connectivity index (χ1n) is 3.01. The molecule has 0 bridgehead atoms. The summed E-state index contributed by atoms with van der Waals surface area (Å²) < 4.78 is 0. The molecule has 2 heteroatoms. The fourth-order valence-corrected chi connectivity index (χ4v) is 1.44. The Kier molecular flexibility index (Phi) is 1.47. The summed E-state index contributed by atoms with van der Waals surface area (Å²) in [6, 6.07) is 8.15. The highest BCUT2D eigenvalue weighted by molar-refractivity contribution is 8.01. The lowest BCUT2D eigenvalue weighted by Gasteiger charge is -2.05. The summed E-state index contributed by atoms with van der Waals surface area (Å²) in [5.74, 6) is 2.83. The second-order valence-corrected chi connectivity index (χ2v) is 2.82. The van der Waals surface area contributed by atoms with Crippen molar-refractivity contribution in [2.45, 2.75) is 4.90 Å². The average molecular weight is 147 g/mol. The van der Waals surface area contributed by atoms with Crippen LogP contribution in [0.25, 0.3) is 0 Å². The SMILES string of the molecule is [C]1N=Cc2ccccc2S1. The largest absolute Gasteiger partial charge is 0.267 e. The molecule has 0 atom stereocenters. The van der Waals surface area contributed by atoms with Gasteiger partial charge in [-0.15, -0.1) is 0 Å². The van der Waals surface area contributed by atoms with Gasteiger partial charge in [0.05, 0.1) is 0 Å². The Labute approximate surface area is 64.2 Å². The maximum atomic E-state index is 3.91. The van der Waals surface area contributed by atoms with Crippen molar-refractivity contribution >= 4 is 18.0 Å². The van der Waals surface area contributed by atoms with E-state index >= 15 is 0 Å². The predicted molar refractivity (Wildman–Crippen MR) is 43.1 cm³/mol. The number of nitrogens with zero attached hydrogens (tertiary/aromatic N) is 1. The molecule has 2 rings (SSSR count). The first kappa shape index (κ1) is 5.98. The van der Waals surface area contributed by atoms with E-state index in [-0.39, 0.29) is 0 Å².